The van der Waals surface area contributed by atoms with Gasteiger partial charge in [-0.2, -0.15) is 5.21 Å². The summed E-state index contributed by atoms with van der Waals surface area (Å²) in [5.74, 6) is -0.102. The van der Waals surface area contributed by atoms with E-state index in [1.165, 1.54) is 0 Å². The molecule has 0 radical (unpaired) electrons. The maximum Gasteiger partial charge on any atom is 0.247 e. The molecule has 1 aromatic heterocycles. The fourth-order valence-electron chi connectivity index (χ4n) is 2.78. The van der Waals surface area contributed by atoms with E-state index < -0.39 is 6.04 Å². The van der Waals surface area contributed by atoms with Gasteiger partial charge in [-0.15, -0.1) is 10.2 Å². The first-order chi connectivity index (χ1) is 13.5. The maximum atomic E-state index is 12.8. The van der Waals surface area contributed by atoms with Gasteiger partial charge in [0.25, 0.3) is 0 Å². The lowest BCUT2D eigenvalue weighted by molar-refractivity contribution is -0.127. The van der Waals surface area contributed by atoms with Crippen molar-refractivity contribution in [3.05, 3.63) is 60.2 Å². The highest BCUT2D eigenvalue weighted by molar-refractivity contribution is 5.98. The van der Waals surface area contributed by atoms with Crippen molar-refractivity contribution < 1.29 is 9.59 Å². The van der Waals surface area contributed by atoms with Gasteiger partial charge in [0, 0.05) is 11.3 Å². The zero-order valence-corrected chi connectivity index (χ0v) is 15.7. The lowest BCUT2D eigenvalue weighted by Crippen LogP contribution is -2.47. The molecule has 0 aliphatic carbocycles. The van der Waals surface area contributed by atoms with Gasteiger partial charge in [0.1, 0.15) is 6.04 Å². The second-order valence-corrected chi connectivity index (χ2v) is 6.76. The van der Waals surface area contributed by atoms with Gasteiger partial charge in [0.15, 0.2) is 0 Å². The number of hydrogen-bond donors (Lipinski definition) is 3. The Morgan fingerprint density at radius 3 is 2.54 bits per heavy atom. The Labute approximate surface area is 162 Å². The summed E-state index contributed by atoms with van der Waals surface area (Å²) >= 11 is 0. The zero-order valence-electron chi connectivity index (χ0n) is 15.7. The van der Waals surface area contributed by atoms with Crippen molar-refractivity contribution in [3.63, 3.8) is 0 Å². The molecule has 3 N–H and O–H groups in total. The molecule has 2 amide bonds. The van der Waals surface area contributed by atoms with Crippen LogP contribution in [0, 0.1) is 5.92 Å². The largest absolute Gasteiger partial charge is 0.344 e. The monoisotopic (exact) mass is 378 g/mol. The third-order valence-electron chi connectivity index (χ3n) is 4.21. The summed E-state index contributed by atoms with van der Waals surface area (Å²) in [6, 6.07) is 15.9. The molecule has 3 aromatic rings. The average molecular weight is 378 g/mol. The second-order valence-electron chi connectivity index (χ2n) is 6.76. The predicted molar refractivity (Wildman–Crippen MR) is 105 cm³/mol. The average Bonchev–Trinajstić information content (AvgIpc) is 3.22. The molecule has 0 fully saturated rings. The lowest BCUT2D eigenvalue weighted by Gasteiger charge is -2.22. The van der Waals surface area contributed by atoms with E-state index in [2.05, 4.69) is 31.3 Å². The number of nitrogens with one attached hydrogen (secondary N) is 3. The molecule has 1 atom stereocenters. The molecule has 28 heavy (non-hydrogen) atoms. The van der Waals surface area contributed by atoms with Crippen molar-refractivity contribution >= 4 is 17.5 Å². The van der Waals surface area contributed by atoms with Crippen LogP contribution in [-0.2, 0) is 16.0 Å². The fraction of sp³-hybridized carbons (Fsp3) is 0.250. The lowest BCUT2D eigenvalue weighted by atomic mass is 10.0. The van der Waals surface area contributed by atoms with Crippen LogP contribution in [0.3, 0.4) is 0 Å². The molecule has 0 bridgehead atoms. The number of H-pyrrole nitrogens is 1. The molecule has 0 spiro atoms. The quantitative estimate of drug-likeness (QED) is 0.583. The Balaban J connectivity index is 1.66. The van der Waals surface area contributed by atoms with Crippen molar-refractivity contribution in [3.8, 4) is 11.4 Å². The minimum atomic E-state index is -0.648. The van der Waals surface area contributed by atoms with Crippen LogP contribution < -0.4 is 10.6 Å². The van der Waals surface area contributed by atoms with Crippen molar-refractivity contribution in [1.82, 2.24) is 25.9 Å². The third-order valence-corrected chi connectivity index (χ3v) is 4.21. The van der Waals surface area contributed by atoms with Crippen LogP contribution in [0.1, 0.15) is 19.4 Å². The SMILES string of the molecule is CC(C)[C@H](NC(=O)Cc1ccccc1)C(=O)Nc1cccc(-c2nn[nH]n2)c1. The van der Waals surface area contributed by atoms with Gasteiger partial charge in [-0.1, -0.05) is 56.3 Å². The van der Waals surface area contributed by atoms with Crippen molar-refractivity contribution in [2.45, 2.75) is 26.3 Å². The van der Waals surface area contributed by atoms with Gasteiger partial charge in [-0.25, -0.2) is 0 Å². The Kier molecular flexibility index (Phi) is 6.11. The Hall–Kier alpha value is -3.55. The summed E-state index contributed by atoms with van der Waals surface area (Å²) in [4.78, 5) is 25.1. The molecule has 0 saturated carbocycles. The number of tetrazole rings is 1. The number of rotatable bonds is 7. The van der Waals surface area contributed by atoms with E-state index in [-0.39, 0.29) is 24.2 Å². The zero-order chi connectivity index (χ0) is 19.9. The van der Waals surface area contributed by atoms with Crippen LogP contribution in [0.5, 0.6) is 0 Å². The molecule has 1 heterocycles. The standard InChI is InChI=1S/C20H22N6O2/c1-13(2)18(22-17(27)11-14-7-4-3-5-8-14)20(28)21-16-10-6-9-15(12-16)19-23-25-26-24-19/h3-10,12-13,18H,11H2,1-2H3,(H,21,28)(H,22,27)(H,23,24,25,26)/t18-/m0/s1. The molecular weight excluding hydrogens is 356 g/mol. The van der Waals surface area contributed by atoms with E-state index in [1.807, 2.05) is 50.2 Å². The number of benzene rings is 2. The van der Waals surface area contributed by atoms with Gasteiger partial charge < -0.3 is 10.6 Å². The maximum absolute atomic E-state index is 12.8. The number of aromatic nitrogens is 4. The first kappa shape index (κ1) is 19.2. The second kappa shape index (κ2) is 8.90. The van der Waals surface area contributed by atoms with Gasteiger partial charge in [0.05, 0.1) is 6.42 Å². The normalized spacial score (nSPS) is 11.8. The minimum Gasteiger partial charge on any atom is -0.344 e. The summed E-state index contributed by atoms with van der Waals surface area (Å²) in [5, 5.41) is 19.5. The van der Waals surface area contributed by atoms with E-state index in [9.17, 15) is 9.59 Å². The van der Waals surface area contributed by atoms with E-state index >= 15 is 0 Å². The molecule has 8 heteroatoms. The Bertz CT molecular complexity index is 925. The minimum absolute atomic E-state index is 0.0693. The summed E-state index contributed by atoms with van der Waals surface area (Å²) in [6.07, 6.45) is 0.227. The first-order valence-corrected chi connectivity index (χ1v) is 9.01. The van der Waals surface area contributed by atoms with Crippen molar-refractivity contribution in [2.75, 3.05) is 5.32 Å². The van der Waals surface area contributed by atoms with Gasteiger partial charge in [0.2, 0.25) is 17.6 Å². The van der Waals surface area contributed by atoms with Crippen LogP contribution >= 0.6 is 0 Å². The molecule has 0 aliphatic heterocycles. The molecular formula is C20H22N6O2. The molecule has 0 saturated heterocycles. The topological polar surface area (TPSA) is 113 Å². The first-order valence-electron chi connectivity index (χ1n) is 9.01. The van der Waals surface area contributed by atoms with Gasteiger partial charge in [-0.3, -0.25) is 9.59 Å². The van der Waals surface area contributed by atoms with Crippen LogP contribution in [0.15, 0.2) is 54.6 Å². The van der Waals surface area contributed by atoms with E-state index in [4.69, 9.17) is 0 Å². The number of hydrogen-bond acceptors (Lipinski definition) is 5. The Morgan fingerprint density at radius 2 is 1.86 bits per heavy atom. The highest BCUT2D eigenvalue weighted by Crippen LogP contribution is 2.19. The summed E-state index contributed by atoms with van der Waals surface area (Å²) in [5.41, 5.74) is 2.21. The Morgan fingerprint density at radius 1 is 1.07 bits per heavy atom. The number of aromatic amines is 1. The van der Waals surface area contributed by atoms with E-state index in [0.717, 1.165) is 11.1 Å². The smallest absolute Gasteiger partial charge is 0.247 e. The van der Waals surface area contributed by atoms with Crippen LogP contribution in [0.4, 0.5) is 5.69 Å². The van der Waals surface area contributed by atoms with Crippen molar-refractivity contribution in [1.29, 1.82) is 0 Å². The number of amides is 2. The molecule has 144 valence electrons. The molecule has 0 unspecified atom stereocenters. The highest BCUT2D eigenvalue weighted by atomic mass is 16.2. The van der Waals surface area contributed by atoms with Gasteiger partial charge >= 0.3 is 0 Å². The number of carbonyl (C=O) groups is 2. The van der Waals surface area contributed by atoms with Crippen LogP contribution in [0.2, 0.25) is 0 Å². The van der Waals surface area contributed by atoms with E-state index in [1.54, 1.807) is 18.2 Å². The molecule has 2 aromatic carbocycles. The van der Waals surface area contributed by atoms with Crippen molar-refractivity contribution in [2.24, 2.45) is 5.92 Å². The number of anilines is 1. The summed E-state index contributed by atoms with van der Waals surface area (Å²) in [6.45, 7) is 3.78. The number of nitrogens with zero attached hydrogens (tertiary/aromatic N) is 3. The van der Waals surface area contributed by atoms with E-state index in [0.29, 0.717) is 11.5 Å². The summed E-state index contributed by atoms with van der Waals surface area (Å²) in [7, 11) is 0. The molecule has 0 aliphatic rings. The highest BCUT2D eigenvalue weighted by Gasteiger charge is 2.24. The number of carbonyl (C=O) groups excluding carboxylic acids is 2. The third kappa shape index (κ3) is 5.00. The molecule has 8 nitrogen and oxygen atoms in total. The van der Waals surface area contributed by atoms with Crippen LogP contribution in [-0.4, -0.2) is 38.5 Å². The fourth-order valence-corrected chi connectivity index (χ4v) is 2.78. The molecule has 3 rings (SSSR count). The summed E-state index contributed by atoms with van der Waals surface area (Å²) < 4.78 is 0. The van der Waals surface area contributed by atoms with Crippen LogP contribution in [0.25, 0.3) is 11.4 Å². The van der Waals surface area contributed by atoms with Gasteiger partial charge in [-0.05, 0) is 28.8 Å². The predicted octanol–water partition coefficient (Wildman–Crippen LogP) is 2.19.